The van der Waals surface area contributed by atoms with Crippen molar-refractivity contribution in [3.8, 4) is 0 Å². The van der Waals surface area contributed by atoms with Gasteiger partial charge in [0.05, 0.1) is 0 Å². The summed E-state index contributed by atoms with van der Waals surface area (Å²) in [4.78, 5) is 23.7. The summed E-state index contributed by atoms with van der Waals surface area (Å²) in [5, 5.41) is 11.9. The van der Waals surface area contributed by atoms with Gasteiger partial charge in [0.25, 0.3) is 0 Å². The van der Waals surface area contributed by atoms with Crippen molar-refractivity contribution < 1.29 is 14.7 Å². The monoisotopic (exact) mass is 226 g/mol. The van der Waals surface area contributed by atoms with Crippen molar-refractivity contribution in [3.63, 3.8) is 0 Å². The Bertz CT molecular complexity index is 272. The number of aliphatic carboxylic acids is 1. The summed E-state index contributed by atoms with van der Waals surface area (Å²) in [6.07, 6.45) is 3.99. The van der Waals surface area contributed by atoms with Crippen molar-refractivity contribution in [1.82, 2.24) is 10.2 Å². The molecular formula is C11H18N2O3. The third-order valence-corrected chi connectivity index (χ3v) is 2.61. The molecule has 0 saturated carbocycles. The van der Waals surface area contributed by atoms with Gasteiger partial charge in [-0.1, -0.05) is 6.08 Å². The molecule has 1 aliphatic heterocycles. The molecule has 5 heteroatoms. The van der Waals surface area contributed by atoms with Gasteiger partial charge in [0, 0.05) is 19.0 Å². The third-order valence-electron chi connectivity index (χ3n) is 2.61. The second-order valence-corrected chi connectivity index (χ2v) is 3.95. The Hall–Kier alpha value is -1.36. The second-order valence-electron chi connectivity index (χ2n) is 3.95. The lowest BCUT2D eigenvalue weighted by molar-refractivity contribution is -0.144. The van der Waals surface area contributed by atoms with Gasteiger partial charge in [0.2, 0.25) is 5.91 Å². The molecule has 2 N–H and O–H groups in total. The number of carbonyl (C=O) groups is 2. The summed E-state index contributed by atoms with van der Waals surface area (Å²) in [6, 6.07) is 0.202. The molecule has 16 heavy (non-hydrogen) atoms. The third kappa shape index (κ3) is 4.02. The summed E-state index contributed by atoms with van der Waals surface area (Å²) in [5.74, 6) is -1.11. The molecule has 1 atom stereocenters. The van der Waals surface area contributed by atoms with Gasteiger partial charge < -0.3 is 15.3 Å². The van der Waals surface area contributed by atoms with Crippen LogP contribution in [0.5, 0.6) is 0 Å². The standard InChI is InChI=1S/C11H18N2O3/c1-2-6-13(8-11(15)16)10(14)7-9-4-3-5-12-9/h2,9,12H,1,3-8H2,(H,15,16). The Morgan fingerprint density at radius 3 is 2.81 bits per heavy atom. The van der Waals surface area contributed by atoms with Crippen molar-refractivity contribution >= 4 is 11.9 Å². The number of amides is 1. The fourth-order valence-corrected chi connectivity index (χ4v) is 1.84. The average Bonchev–Trinajstić information content (AvgIpc) is 2.69. The summed E-state index contributed by atoms with van der Waals surface area (Å²) >= 11 is 0. The first-order valence-electron chi connectivity index (χ1n) is 5.47. The number of nitrogens with one attached hydrogen (secondary N) is 1. The van der Waals surface area contributed by atoms with E-state index in [0.29, 0.717) is 6.42 Å². The molecule has 0 radical (unpaired) electrons. The number of carboxylic acids is 1. The smallest absolute Gasteiger partial charge is 0.323 e. The molecular weight excluding hydrogens is 208 g/mol. The summed E-state index contributed by atoms with van der Waals surface area (Å²) in [5.41, 5.74) is 0. The van der Waals surface area contributed by atoms with Crippen LogP contribution in [0, 0.1) is 0 Å². The number of carbonyl (C=O) groups excluding carboxylic acids is 1. The van der Waals surface area contributed by atoms with E-state index >= 15 is 0 Å². The van der Waals surface area contributed by atoms with Gasteiger partial charge in [0.15, 0.2) is 0 Å². The fourth-order valence-electron chi connectivity index (χ4n) is 1.84. The maximum Gasteiger partial charge on any atom is 0.323 e. The number of rotatable bonds is 6. The van der Waals surface area contributed by atoms with Crippen LogP contribution in [-0.2, 0) is 9.59 Å². The average molecular weight is 226 g/mol. The zero-order chi connectivity index (χ0) is 12.0. The van der Waals surface area contributed by atoms with Crippen LogP contribution in [0.2, 0.25) is 0 Å². The number of nitrogens with zero attached hydrogens (tertiary/aromatic N) is 1. The van der Waals surface area contributed by atoms with Crippen LogP contribution in [0.3, 0.4) is 0 Å². The Morgan fingerprint density at radius 2 is 2.31 bits per heavy atom. The van der Waals surface area contributed by atoms with Gasteiger partial charge in [-0.05, 0) is 19.4 Å². The van der Waals surface area contributed by atoms with Gasteiger partial charge in [-0.25, -0.2) is 0 Å². The maximum absolute atomic E-state index is 11.8. The van der Waals surface area contributed by atoms with Crippen LogP contribution in [0.4, 0.5) is 0 Å². The van der Waals surface area contributed by atoms with E-state index in [1.54, 1.807) is 6.08 Å². The zero-order valence-electron chi connectivity index (χ0n) is 9.32. The minimum absolute atomic E-state index is 0.123. The molecule has 1 amide bonds. The first-order valence-corrected chi connectivity index (χ1v) is 5.47. The van der Waals surface area contributed by atoms with Crippen LogP contribution < -0.4 is 5.32 Å². The second kappa shape index (κ2) is 6.27. The normalized spacial score (nSPS) is 19.4. The molecule has 90 valence electrons. The van der Waals surface area contributed by atoms with E-state index in [1.807, 2.05) is 0 Å². The first kappa shape index (κ1) is 12.7. The maximum atomic E-state index is 11.8. The van der Waals surface area contributed by atoms with Crippen LogP contribution in [-0.4, -0.2) is 47.6 Å². The fraction of sp³-hybridized carbons (Fsp3) is 0.636. The molecule has 1 aliphatic rings. The molecule has 0 aliphatic carbocycles. The van der Waals surface area contributed by atoms with Crippen molar-refractivity contribution in [2.75, 3.05) is 19.6 Å². The summed E-state index contributed by atoms with van der Waals surface area (Å²) in [7, 11) is 0. The SMILES string of the molecule is C=CCN(CC(=O)O)C(=O)CC1CCCN1. The quantitative estimate of drug-likeness (QED) is 0.636. The minimum Gasteiger partial charge on any atom is -0.480 e. The molecule has 1 unspecified atom stereocenters. The molecule has 5 nitrogen and oxygen atoms in total. The number of carboxylic acid groups (broad SMARTS) is 1. The molecule has 1 heterocycles. The van der Waals surface area contributed by atoms with Gasteiger partial charge >= 0.3 is 5.97 Å². The Labute approximate surface area is 95.1 Å². The van der Waals surface area contributed by atoms with Gasteiger partial charge in [-0.3, -0.25) is 9.59 Å². The Balaban J connectivity index is 2.45. The molecule has 0 spiro atoms. The van der Waals surface area contributed by atoms with E-state index in [2.05, 4.69) is 11.9 Å². The summed E-state index contributed by atoms with van der Waals surface area (Å²) < 4.78 is 0. The van der Waals surface area contributed by atoms with Crippen molar-refractivity contribution in [1.29, 1.82) is 0 Å². The highest BCUT2D eigenvalue weighted by atomic mass is 16.4. The molecule has 0 bridgehead atoms. The topological polar surface area (TPSA) is 69.6 Å². The van der Waals surface area contributed by atoms with Crippen LogP contribution in [0.25, 0.3) is 0 Å². The number of hydrogen-bond acceptors (Lipinski definition) is 3. The van der Waals surface area contributed by atoms with Crippen LogP contribution >= 0.6 is 0 Å². The summed E-state index contributed by atoms with van der Waals surface area (Å²) in [6.45, 7) is 4.50. The zero-order valence-corrected chi connectivity index (χ0v) is 9.32. The van der Waals surface area contributed by atoms with E-state index in [4.69, 9.17) is 5.11 Å². The van der Waals surface area contributed by atoms with Gasteiger partial charge in [0.1, 0.15) is 6.54 Å². The first-order chi connectivity index (χ1) is 7.63. The van der Waals surface area contributed by atoms with Crippen molar-refractivity contribution in [3.05, 3.63) is 12.7 Å². The van der Waals surface area contributed by atoms with Gasteiger partial charge in [-0.15, -0.1) is 6.58 Å². The number of hydrogen-bond donors (Lipinski definition) is 2. The highest BCUT2D eigenvalue weighted by molar-refractivity contribution is 5.81. The van der Waals surface area contributed by atoms with E-state index < -0.39 is 5.97 Å². The lowest BCUT2D eigenvalue weighted by Gasteiger charge is -2.20. The van der Waals surface area contributed by atoms with E-state index in [0.717, 1.165) is 19.4 Å². The molecule has 1 saturated heterocycles. The lowest BCUT2D eigenvalue weighted by atomic mass is 10.1. The van der Waals surface area contributed by atoms with Gasteiger partial charge in [-0.2, -0.15) is 0 Å². The van der Waals surface area contributed by atoms with Crippen molar-refractivity contribution in [2.45, 2.75) is 25.3 Å². The van der Waals surface area contributed by atoms with Crippen molar-refractivity contribution in [2.24, 2.45) is 0 Å². The van der Waals surface area contributed by atoms with Crippen LogP contribution in [0.15, 0.2) is 12.7 Å². The predicted molar refractivity (Wildman–Crippen MR) is 60.1 cm³/mol. The predicted octanol–water partition coefficient (Wildman–Crippen LogP) is 0.228. The van der Waals surface area contributed by atoms with E-state index in [1.165, 1.54) is 4.90 Å². The molecule has 0 aromatic rings. The Morgan fingerprint density at radius 1 is 1.56 bits per heavy atom. The lowest BCUT2D eigenvalue weighted by Crippen LogP contribution is -2.39. The molecule has 0 aromatic carbocycles. The highest BCUT2D eigenvalue weighted by Gasteiger charge is 2.22. The minimum atomic E-state index is -0.991. The highest BCUT2D eigenvalue weighted by Crippen LogP contribution is 2.10. The largest absolute Gasteiger partial charge is 0.480 e. The molecule has 1 fully saturated rings. The molecule has 1 rings (SSSR count). The van der Waals surface area contributed by atoms with Crippen LogP contribution in [0.1, 0.15) is 19.3 Å². The van der Waals surface area contributed by atoms with E-state index in [9.17, 15) is 9.59 Å². The Kier molecular flexibility index (Phi) is 4.98. The van der Waals surface area contributed by atoms with E-state index in [-0.39, 0.29) is 25.0 Å². The molecule has 0 aromatic heterocycles.